The molecular formula is C14H11Cl3F3NO3. The summed E-state index contributed by atoms with van der Waals surface area (Å²) in [5, 5.41) is 11.0. The van der Waals surface area contributed by atoms with E-state index in [4.69, 9.17) is 39.9 Å². The molecule has 0 radical (unpaired) electrons. The maximum Gasteiger partial charge on any atom is 0.416 e. The van der Waals surface area contributed by atoms with Crippen molar-refractivity contribution >= 4 is 52.8 Å². The molecule has 132 valence electrons. The van der Waals surface area contributed by atoms with E-state index in [2.05, 4.69) is 5.32 Å². The molecule has 24 heavy (non-hydrogen) atoms. The summed E-state index contributed by atoms with van der Waals surface area (Å²) < 4.78 is 35.1. The van der Waals surface area contributed by atoms with Crippen LogP contribution >= 0.6 is 34.8 Å². The molecule has 0 heterocycles. The van der Waals surface area contributed by atoms with Crippen molar-refractivity contribution in [3.8, 4) is 0 Å². The number of carboxylic acids is 1. The second kappa shape index (κ2) is 8.09. The molecule has 0 spiro atoms. The van der Waals surface area contributed by atoms with E-state index in [9.17, 15) is 22.8 Å². The molecule has 0 aliphatic carbocycles. The van der Waals surface area contributed by atoms with Crippen LogP contribution in [-0.2, 0) is 15.8 Å². The molecule has 0 aromatic heterocycles. The highest BCUT2D eigenvalue weighted by Crippen LogP contribution is 2.29. The van der Waals surface area contributed by atoms with Gasteiger partial charge in [-0.2, -0.15) is 13.2 Å². The van der Waals surface area contributed by atoms with Gasteiger partial charge in [0.25, 0.3) is 9.70 Å². The van der Waals surface area contributed by atoms with Gasteiger partial charge in [0, 0.05) is 0 Å². The lowest BCUT2D eigenvalue weighted by Gasteiger charge is -2.17. The lowest BCUT2D eigenvalue weighted by Crippen LogP contribution is -2.41. The molecule has 1 aromatic rings. The molecule has 0 bridgehead atoms. The van der Waals surface area contributed by atoms with Crippen LogP contribution < -0.4 is 5.32 Å². The van der Waals surface area contributed by atoms with Crippen LogP contribution in [0.5, 0.6) is 0 Å². The zero-order chi connectivity index (χ0) is 18.5. The minimum Gasteiger partial charge on any atom is -0.481 e. The number of rotatable bonds is 5. The summed E-state index contributed by atoms with van der Waals surface area (Å²) in [5.41, 5.74) is -0.437. The number of benzene rings is 1. The van der Waals surface area contributed by atoms with E-state index >= 15 is 0 Å². The molecule has 0 saturated carbocycles. The van der Waals surface area contributed by atoms with Gasteiger partial charge in [0.15, 0.2) is 0 Å². The van der Waals surface area contributed by atoms with Gasteiger partial charge >= 0.3 is 12.1 Å². The first-order valence-corrected chi connectivity index (χ1v) is 7.48. The molecule has 1 aromatic carbocycles. The van der Waals surface area contributed by atoms with E-state index in [1.165, 1.54) is 24.3 Å². The smallest absolute Gasteiger partial charge is 0.416 e. The Morgan fingerprint density at radius 2 is 1.71 bits per heavy atom. The zero-order valence-electron chi connectivity index (χ0n) is 11.8. The van der Waals surface area contributed by atoms with E-state index in [1.807, 2.05) is 0 Å². The van der Waals surface area contributed by atoms with Gasteiger partial charge in [0.05, 0.1) is 18.0 Å². The van der Waals surface area contributed by atoms with Gasteiger partial charge in [0.2, 0.25) is 0 Å². The standard InChI is InChI=1S/C14H11Cl3F3NO3/c15-13(16,17)12(24)21-10(7-11(22)23)6-3-8-1-4-9(5-2-8)14(18,19)20/h1-6,10H,7H2,(H,21,24)(H,22,23)/b6-3+/t10-/m1/s1. The van der Waals surface area contributed by atoms with Gasteiger partial charge in [-0.3, -0.25) is 9.59 Å². The normalized spacial score (nSPS) is 13.8. The molecule has 1 atom stereocenters. The van der Waals surface area contributed by atoms with E-state index in [0.29, 0.717) is 5.56 Å². The molecule has 0 fully saturated rings. The SMILES string of the molecule is O=C(O)C[C@@H](/C=C/c1ccc(C(F)(F)F)cc1)NC(=O)C(Cl)(Cl)Cl. The zero-order valence-corrected chi connectivity index (χ0v) is 14.0. The number of carboxylic acid groups (broad SMARTS) is 1. The number of carbonyl (C=O) groups is 2. The number of carbonyl (C=O) groups excluding carboxylic acids is 1. The molecule has 0 saturated heterocycles. The van der Waals surface area contributed by atoms with Gasteiger partial charge in [-0.05, 0) is 17.7 Å². The summed E-state index contributed by atoms with van der Waals surface area (Å²) in [6.07, 6.45) is -2.31. The fourth-order valence-electron chi connectivity index (χ4n) is 1.62. The van der Waals surface area contributed by atoms with E-state index < -0.39 is 39.9 Å². The van der Waals surface area contributed by atoms with Gasteiger partial charge in [-0.1, -0.05) is 59.1 Å². The van der Waals surface area contributed by atoms with Crippen LogP contribution in [0.25, 0.3) is 6.08 Å². The van der Waals surface area contributed by atoms with E-state index in [-0.39, 0.29) is 0 Å². The van der Waals surface area contributed by atoms with Crippen LogP contribution in [0.1, 0.15) is 17.5 Å². The van der Waals surface area contributed by atoms with Crippen molar-refractivity contribution in [2.24, 2.45) is 0 Å². The molecule has 0 aliphatic heterocycles. The highest BCUT2D eigenvalue weighted by atomic mass is 35.6. The Kier molecular flexibility index (Phi) is 6.95. The first-order chi connectivity index (χ1) is 10.9. The number of halogens is 6. The molecule has 0 unspecified atom stereocenters. The largest absolute Gasteiger partial charge is 0.481 e. The minimum atomic E-state index is -4.45. The molecule has 1 rings (SSSR count). The first kappa shape index (κ1) is 20.6. The quantitative estimate of drug-likeness (QED) is 0.728. The van der Waals surface area contributed by atoms with Crippen molar-refractivity contribution in [3.63, 3.8) is 0 Å². The Labute approximate surface area is 150 Å². The van der Waals surface area contributed by atoms with Crippen molar-refractivity contribution in [2.45, 2.75) is 22.4 Å². The molecule has 2 N–H and O–H groups in total. The Morgan fingerprint density at radius 1 is 1.17 bits per heavy atom. The predicted octanol–water partition coefficient (Wildman–Crippen LogP) is 4.05. The molecule has 10 heteroatoms. The summed E-state index contributed by atoms with van der Waals surface area (Å²) in [4.78, 5) is 22.4. The summed E-state index contributed by atoms with van der Waals surface area (Å²) >= 11 is 16.1. The lowest BCUT2D eigenvalue weighted by molar-refractivity contribution is -0.138. The van der Waals surface area contributed by atoms with Crippen LogP contribution in [0.15, 0.2) is 30.3 Å². The van der Waals surface area contributed by atoms with Crippen molar-refractivity contribution < 1.29 is 27.9 Å². The van der Waals surface area contributed by atoms with Gasteiger partial charge in [-0.25, -0.2) is 0 Å². The fourth-order valence-corrected chi connectivity index (χ4v) is 1.78. The number of aliphatic carboxylic acids is 1. The van der Waals surface area contributed by atoms with Gasteiger partial charge in [-0.15, -0.1) is 0 Å². The summed E-state index contributed by atoms with van der Waals surface area (Å²) in [6, 6.07) is 3.16. The van der Waals surface area contributed by atoms with Gasteiger partial charge < -0.3 is 10.4 Å². The van der Waals surface area contributed by atoms with Gasteiger partial charge in [0.1, 0.15) is 0 Å². The number of alkyl halides is 6. The van der Waals surface area contributed by atoms with Crippen LogP contribution in [0.2, 0.25) is 0 Å². The number of hydrogen-bond acceptors (Lipinski definition) is 2. The number of hydrogen-bond donors (Lipinski definition) is 2. The van der Waals surface area contributed by atoms with E-state index in [0.717, 1.165) is 12.1 Å². The van der Waals surface area contributed by atoms with Crippen molar-refractivity contribution in [1.82, 2.24) is 5.32 Å². The summed E-state index contributed by atoms with van der Waals surface area (Å²) in [5.74, 6) is -2.24. The third kappa shape index (κ3) is 6.98. The van der Waals surface area contributed by atoms with Crippen molar-refractivity contribution in [3.05, 3.63) is 41.5 Å². The second-order valence-corrected chi connectivity index (χ2v) is 6.94. The monoisotopic (exact) mass is 403 g/mol. The second-order valence-electron chi connectivity index (χ2n) is 4.65. The maximum absolute atomic E-state index is 12.5. The summed E-state index contributed by atoms with van der Waals surface area (Å²) in [7, 11) is 0. The minimum absolute atomic E-state index is 0.376. The number of amides is 1. The van der Waals surface area contributed by atoms with Crippen LogP contribution in [-0.4, -0.2) is 26.8 Å². The first-order valence-electron chi connectivity index (χ1n) is 6.34. The highest BCUT2D eigenvalue weighted by molar-refractivity contribution is 6.76. The average Bonchev–Trinajstić information content (AvgIpc) is 2.42. The molecule has 4 nitrogen and oxygen atoms in total. The van der Waals surface area contributed by atoms with Crippen LogP contribution in [0.4, 0.5) is 13.2 Å². The van der Waals surface area contributed by atoms with Crippen molar-refractivity contribution in [2.75, 3.05) is 0 Å². The average molecular weight is 405 g/mol. The Morgan fingerprint density at radius 3 is 2.12 bits per heavy atom. The number of nitrogens with one attached hydrogen (secondary N) is 1. The highest BCUT2D eigenvalue weighted by Gasteiger charge is 2.32. The predicted molar refractivity (Wildman–Crippen MR) is 85.0 cm³/mol. The Balaban J connectivity index is 2.87. The Hall–Kier alpha value is -1.44. The lowest BCUT2D eigenvalue weighted by atomic mass is 10.1. The van der Waals surface area contributed by atoms with E-state index in [1.54, 1.807) is 0 Å². The topological polar surface area (TPSA) is 66.4 Å². The third-order valence-electron chi connectivity index (χ3n) is 2.73. The van der Waals surface area contributed by atoms with Crippen LogP contribution in [0, 0.1) is 0 Å². The molecule has 1 amide bonds. The fraction of sp³-hybridized carbons (Fsp3) is 0.286. The van der Waals surface area contributed by atoms with Crippen LogP contribution in [0.3, 0.4) is 0 Å². The molecule has 0 aliphatic rings. The maximum atomic E-state index is 12.5. The molecular weight excluding hydrogens is 394 g/mol. The summed E-state index contributed by atoms with van der Waals surface area (Å²) in [6.45, 7) is 0. The third-order valence-corrected chi connectivity index (χ3v) is 3.24. The van der Waals surface area contributed by atoms with Crippen molar-refractivity contribution in [1.29, 1.82) is 0 Å². The Bertz CT molecular complexity index is 625.